The maximum absolute atomic E-state index is 12.5. The van der Waals surface area contributed by atoms with Crippen molar-refractivity contribution >= 4 is 45.7 Å². The number of nitro groups is 1. The number of amides is 1. The Kier molecular flexibility index (Phi) is 5.65. The van der Waals surface area contributed by atoms with Gasteiger partial charge in [-0.25, -0.2) is 4.98 Å². The number of nitrogens with zero attached hydrogens (tertiary/aromatic N) is 2. The summed E-state index contributed by atoms with van der Waals surface area (Å²) in [6, 6.07) is 17.4. The van der Waals surface area contributed by atoms with Crippen molar-refractivity contribution in [3.63, 3.8) is 0 Å². The van der Waals surface area contributed by atoms with Crippen molar-refractivity contribution < 1.29 is 14.1 Å². The number of carbonyl (C=O) groups is 1. The zero-order valence-corrected chi connectivity index (χ0v) is 18.0. The molecular formula is C23H18N4O4S. The average molecular weight is 446 g/mol. The summed E-state index contributed by atoms with van der Waals surface area (Å²) in [5, 5.41) is 16.6. The molecule has 0 spiro atoms. The smallest absolute Gasteiger partial charge is 0.273 e. The van der Waals surface area contributed by atoms with Crippen LogP contribution in [0.2, 0.25) is 0 Å². The average Bonchev–Trinajstić information content (AvgIpc) is 3.17. The van der Waals surface area contributed by atoms with E-state index in [0.717, 1.165) is 16.6 Å². The van der Waals surface area contributed by atoms with Crippen LogP contribution in [0.1, 0.15) is 21.5 Å². The molecule has 160 valence electrons. The lowest BCUT2D eigenvalue weighted by Gasteiger charge is -2.11. The molecule has 0 aliphatic heterocycles. The second-order valence-electron chi connectivity index (χ2n) is 7.18. The zero-order valence-electron chi connectivity index (χ0n) is 17.2. The Hall–Kier alpha value is -4.11. The van der Waals surface area contributed by atoms with E-state index < -0.39 is 10.8 Å². The van der Waals surface area contributed by atoms with Gasteiger partial charge in [-0.3, -0.25) is 20.2 Å². The van der Waals surface area contributed by atoms with Gasteiger partial charge >= 0.3 is 0 Å². The summed E-state index contributed by atoms with van der Waals surface area (Å²) >= 11 is 5.21. The Morgan fingerprint density at radius 3 is 2.56 bits per heavy atom. The van der Waals surface area contributed by atoms with Crippen molar-refractivity contribution in [3.05, 3.63) is 87.5 Å². The van der Waals surface area contributed by atoms with Crippen molar-refractivity contribution in [2.75, 3.05) is 5.32 Å². The van der Waals surface area contributed by atoms with Crippen molar-refractivity contribution in [1.29, 1.82) is 0 Å². The Bertz CT molecular complexity index is 1360. The molecule has 0 saturated carbocycles. The number of carbonyl (C=O) groups excluding carboxylic acids is 1. The Balaban J connectivity index is 1.44. The number of aromatic nitrogens is 1. The molecule has 2 N–H and O–H groups in total. The standard InChI is InChI=1S/C23H18N4O4S/c1-13-6-11-20-18(12-13)25-22(31-20)15-7-9-16(10-8-15)24-23(32)26-21(28)17-4-3-5-19(14(17)2)27(29)30/h3-12H,1-2H3,(H2,24,26,28,32). The number of thiocarbonyl (C=S) groups is 1. The molecule has 0 saturated heterocycles. The fraction of sp³-hybridized carbons (Fsp3) is 0.0870. The third kappa shape index (κ3) is 4.33. The SMILES string of the molecule is Cc1ccc2oc(-c3ccc(NC(=S)NC(=O)c4cccc([N+](=O)[O-])c4C)cc3)nc2c1. The second-order valence-corrected chi connectivity index (χ2v) is 7.59. The van der Waals surface area contributed by atoms with Gasteiger partial charge in [-0.1, -0.05) is 12.1 Å². The van der Waals surface area contributed by atoms with E-state index in [4.69, 9.17) is 16.6 Å². The van der Waals surface area contributed by atoms with Crippen molar-refractivity contribution in [2.24, 2.45) is 0 Å². The Morgan fingerprint density at radius 2 is 1.84 bits per heavy atom. The molecule has 1 heterocycles. The first-order chi connectivity index (χ1) is 15.3. The van der Waals surface area contributed by atoms with Gasteiger partial charge in [0.15, 0.2) is 10.7 Å². The van der Waals surface area contributed by atoms with Crippen LogP contribution in [-0.2, 0) is 0 Å². The van der Waals surface area contributed by atoms with Crippen LogP contribution in [0.4, 0.5) is 11.4 Å². The van der Waals surface area contributed by atoms with Crippen molar-refractivity contribution in [2.45, 2.75) is 13.8 Å². The van der Waals surface area contributed by atoms with Crippen LogP contribution in [0.5, 0.6) is 0 Å². The molecule has 32 heavy (non-hydrogen) atoms. The van der Waals surface area contributed by atoms with Crippen LogP contribution in [-0.4, -0.2) is 20.9 Å². The van der Waals surface area contributed by atoms with Crippen LogP contribution in [0, 0.1) is 24.0 Å². The molecule has 4 rings (SSSR count). The number of benzene rings is 3. The van der Waals surface area contributed by atoms with Gasteiger partial charge < -0.3 is 9.73 Å². The van der Waals surface area contributed by atoms with Gasteiger partial charge in [0.25, 0.3) is 11.6 Å². The Labute approximate surface area is 188 Å². The van der Waals surface area contributed by atoms with E-state index in [1.165, 1.54) is 25.1 Å². The molecule has 0 bridgehead atoms. The van der Waals surface area contributed by atoms with Gasteiger partial charge in [0.2, 0.25) is 5.89 Å². The topological polar surface area (TPSA) is 110 Å². The minimum absolute atomic E-state index is 0.0750. The highest BCUT2D eigenvalue weighted by molar-refractivity contribution is 7.80. The highest BCUT2D eigenvalue weighted by atomic mass is 32.1. The third-order valence-electron chi connectivity index (χ3n) is 4.91. The quantitative estimate of drug-likeness (QED) is 0.253. The number of rotatable bonds is 4. The number of nitro benzene ring substituents is 1. The van der Waals surface area contributed by atoms with Crippen LogP contribution in [0.15, 0.2) is 65.1 Å². The summed E-state index contributed by atoms with van der Waals surface area (Å²) in [6.07, 6.45) is 0. The van der Waals surface area contributed by atoms with Crippen LogP contribution < -0.4 is 10.6 Å². The number of nitrogens with one attached hydrogen (secondary N) is 2. The minimum Gasteiger partial charge on any atom is -0.436 e. The van der Waals surface area contributed by atoms with Crippen LogP contribution in [0.3, 0.4) is 0 Å². The summed E-state index contributed by atoms with van der Waals surface area (Å²) in [4.78, 5) is 27.6. The molecule has 0 unspecified atom stereocenters. The normalized spacial score (nSPS) is 10.7. The van der Waals surface area contributed by atoms with E-state index in [9.17, 15) is 14.9 Å². The van der Waals surface area contributed by atoms with E-state index in [2.05, 4.69) is 15.6 Å². The molecule has 0 fully saturated rings. The molecule has 9 heteroatoms. The van der Waals surface area contributed by atoms with Crippen LogP contribution >= 0.6 is 12.2 Å². The monoisotopic (exact) mass is 446 g/mol. The first-order valence-electron chi connectivity index (χ1n) is 9.66. The van der Waals surface area contributed by atoms with Gasteiger partial charge in [0.1, 0.15) is 5.52 Å². The number of hydrogen-bond acceptors (Lipinski definition) is 6. The molecule has 4 aromatic rings. The second kappa shape index (κ2) is 8.56. The van der Waals surface area contributed by atoms with Gasteiger partial charge in [0, 0.05) is 28.4 Å². The van der Waals surface area contributed by atoms with Gasteiger partial charge in [-0.05, 0) is 74.1 Å². The minimum atomic E-state index is -0.526. The highest BCUT2D eigenvalue weighted by Gasteiger charge is 2.18. The molecule has 3 aromatic carbocycles. The fourth-order valence-electron chi connectivity index (χ4n) is 3.26. The first-order valence-corrected chi connectivity index (χ1v) is 10.1. The lowest BCUT2D eigenvalue weighted by Crippen LogP contribution is -2.34. The summed E-state index contributed by atoms with van der Waals surface area (Å²) < 4.78 is 5.81. The van der Waals surface area contributed by atoms with Crippen LogP contribution in [0.25, 0.3) is 22.6 Å². The highest BCUT2D eigenvalue weighted by Crippen LogP contribution is 2.26. The van der Waals surface area contributed by atoms with E-state index >= 15 is 0 Å². The molecule has 0 radical (unpaired) electrons. The largest absolute Gasteiger partial charge is 0.436 e. The van der Waals surface area contributed by atoms with Gasteiger partial charge in [-0.2, -0.15) is 0 Å². The predicted molar refractivity (Wildman–Crippen MR) is 126 cm³/mol. The van der Waals surface area contributed by atoms with E-state index in [-0.39, 0.29) is 21.9 Å². The Morgan fingerprint density at radius 1 is 1.09 bits per heavy atom. The molecule has 1 aromatic heterocycles. The molecule has 0 aliphatic carbocycles. The van der Waals surface area contributed by atoms with Crippen molar-refractivity contribution in [3.8, 4) is 11.5 Å². The maximum atomic E-state index is 12.5. The lowest BCUT2D eigenvalue weighted by atomic mass is 10.1. The number of anilines is 1. The summed E-state index contributed by atoms with van der Waals surface area (Å²) in [7, 11) is 0. The molecule has 0 atom stereocenters. The molecule has 0 aliphatic rings. The summed E-state index contributed by atoms with van der Waals surface area (Å²) in [5.41, 5.74) is 4.40. The summed E-state index contributed by atoms with van der Waals surface area (Å²) in [6.45, 7) is 3.52. The number of oxazole rings is 1. The van der Waals surface area contributed by atoms with Gasteiger partial charge in [0.05, 0.1) is 4.92 Å². The third-order valence-corrected chi connectivity index (χ3v) is 5.11. The maximum Gasteiger partial charge on any atom is 0.273 e. The number of aryl methyl sites for hydroxylation is 1. The first kappa shape index (κ1) is 21.1. The molecule has 1 amide bonds. The fourth-order valence-corrected chi connectivity index (χ4v) is 3.47. The van der Waals surface area contributed by atoms with Gasteiger partial charge in [-0.15, -0.1) is 0 Å². The van der Waals surface area contributed by atoms with E-state index in [1.807, 2.05) is 37.3 Å². The number of hydrogen-bond donors (Lipinski definition) is 2. The van der Waals surface area contributed by atoms with E-state index in [1.54, 1.807) is 12.1 Å². The zero-order chi connectivity index (χ0) is 22.8. The lowest BCUT2D eigenvalue weighted by molar-refractivity contribution is -0.385. The molecular weight excluding hydrogens is 428 g/mol. The van der Waals surface area contributed by atoms with E-state index in [0.29, 0.717) is 17.2 Å². The summed E-state index contributed by atoms with van der Waals surface area (Å²) in [5.74, 6) is -0.0173. The predicted octanol–water partition coefficient (Wildman–Crippen LogP) is 5.15. The number of fused-ring (bicyclic) bond motifs is 1. The molecule has 8 nitrogen and oxygen atoms in total. The van der Waals surface area contributed by atoms with Crippen molar-refractivity contribution in [1.82, 2.24) is 10.3 Å².